The zero-order valence-electron chi connectivity index (χ0n) is 10.9. The summed E-state index contributed by atoms with van der Waals surface area (Å²) in [6.07, 6.45) is 0.481. The highest BCUT2D eigenvalue weighted by Crippen LogP contribution is 2.25. The Labute approximate surface area is 110 Å². The summed E-state index contributed by atoms with van der Waals surface area (Å²) in [7, 11) is 0. The number of benzene rings is 1. The van der Waals surface area contributed by atoms with Gasteiger partial charge in [-0.05, 0) is 31.9 Å². The summed E-state index contributed by atoms with van der Waals surface area (Å²) in [5.41, 5.74) is 2.82. The number of nitro benzene ring substituents is 1. The summed E-state index contributed by atoms with van der Waals surface area (Å²) in [6, 6.07) is 4.44. The van der Waals surface area contributed by atoms with Gasteiger partial charge in [-0.15, -0.1) is 0 Å². The standard InChI is InChI=1S/C12H17N3O4/c1-8-3-5-10(15(17)18)7-11(8)19-9(2)4-6-12(16)14-13/h3,5,7,9H,4,6,13H2,1-2H3,(H,14,16). The van der Waals surface area contributed by atoms with Crippen LogP contribution < -0.4 is 16.0 Å². The SMILES string of the molecule is Cc1ccc([N+](=O)[O-])cc1OC(C)CCC(=O)NN. The van der Waals surface area contributed by atoms with E-state index in [4.69, 9.17) is 10.6 Å². The Bertz CT molecular complexity index is 476. The number of carbonyl (C=O) groups excluding carboxylic acids is 1. The maximum absolute atomic E-state index is 11.0. The van der Waals surface area contributed by atoms with Gasteiger partial charge >= 0.3 is 0 Å². The summed E-state index contributed by atoms with van der Waals surface area (Å²) in [5, 5.41) is 10.7. The topological polar surface area (TPSA) is 107 Å². The molecular formula is C12H17N3O4. The van der Waals surface area contributed by atoms with Crippen molar-refractivity contribution >= 4 is 11.6 Å². The summed E-state index contributed by atoms with van der Waals surface area (Å²) in [4.78, 5) is 21.2. The van der Waals surface area contributed by atoms with Crippen LogP contribution in [0.1, 0.15) is 25.3 Å². The summed E-state index contributed by atoms with van der Waals surface area (Å²) >= 11 is 0. The Morgan fingerprint density at radius 1 is 1.58 bits per heavy atom. The van der Waals surface area contributed by atoms with Crippen LogP contribution in [0.3, 0.4) is 0 Å². The number of hydrazine groups is 1. The first-order chi connectivity index (χ1) is 8.93. The molecule has 0 spiro atoms. The second-order valence-corrected chi connectivity index (χ2v) is 4.24. The van der Waals surface area contributed by atoms with Crippen LogP contribution in [0.15, 0.2) is 18.2 Å². The molecule has 1 atom stereocenters. The summed E-state index contributed by atoms with van der Waals surface area (Å²) in [5.74, 6) is 5.15. The van der Waals surface area contributed by atoms with Crippen LogP contribution >= 0.6 is 0 Å². The first-order valence-electron chi connectivity index (χ1n) is 5.85. The minimum atomic E-state index is -0.473. The number of nitro groups is 1. The van der Waals surface area contributed by atoms with Gasteiger partial charge in [-0.25, -0.2) is 5.84 Å². The highest BCUT2D eigenvalue weighted by molar-refractivity contribution is 5.75. The molecule has 0 aliphatic carbocycles. The van der Waals surface area contributed by atoms with Crippen LogP contribution in [-0.2, 0) is 4.79 Å². The predicted octanol–water partition coefficient (Wildman–Crippen LogP) is 1.44. The molecule has 7 nitrogen and oxygen atoms in total. The molecule has 0 aliphatic rings. The monoisotopic (exact) mass is 267 g/mol. The first kappa shape index (κ1) is 14.9. The largest absolute Gasteiger partial charge is 0.490 e. The third-order valence-corrected chi connectivity index (χ3v) is 2.65. The quantitative estimate of drug-likeness (QED) is 0.351. The fourth-order valence-electron chi connectivity index (χ4n) is 1.51. The van der Waals surface area contributed by atoms with Crippen molar-refractivity contribution < 1.29 is 14.5 Å². The van der Waals surface area contributed by atoms with Crippen LogP contribution in [0.2, 0.25) is 0 Å². The lowest BCUT2D eigenvalue weighted by atomic mass is 10.2. The minimum absolute atomic E-state index is 0.0208. The van der Waals surface area contributed by atoms with Crippen molar-refractivity contribution in [3.05, 3.63) is 33.9 Å². The Morgan fingerprint density at radius 3 is 2.84 bits per heavy atom. The smallest absolute Gasteiger partial charge is 0.273 e. The number of nitrogens with zero attached hydrogens (tertiary/aromatic N) is 1. The molecule has 7 heteroatoms. The molecule has 0 heterocycles. The minimum Gasteiger partial charge on any atom is -0.490 e. The molecule has 1 unspecified atom stereocenters. The van der Waals surface area contributed by atoms with Crippen molar-refractivity contribution in [1.29, 1.82) is 0 Å². The molecule has 0 radical (unpaired) electrons. The molecule has 0 aromatic heterocycles. The number of rotatable bonds is 6. The molecule has 0 bridgehead atoms. The molecule has 1 rings (SSSR count). The molecule has 1 amide bonds. The highest BCUT2D eigenvalue weighted by Gasteiger charge is 2.13. The number of aryl methyl sites for hydroxylation is 1. The molecular weight excluding hydrogens is 250 g/mol. The number of hydrogen-bond donors (Lipinski definition) is 2. The number of amides is 1. The van der Waals surface area contributed by atoms with Crippen LogP contribution in [0.25, 0.3) is 0 Å². The van der Waals surface area contributed by atoms with Gasteiger partial charge in [0.2, 0.25) is 5.91 Å². The average molecular weight is 267 g/mol. The molecule has 1 aromatic rings. The van der Waals surface area contributed by atoms with Crippen molar-refractivity contribution in [1.82, 2.24) is 5.43 Å². The van der Waals surface area contributed by atoms with Crippen LogP contribution in [0.4, 0.5) is 5.69 Å². The van der Waals surface area contributed by atoms with Crippen molar-refractivity contribution in [3.8, 4) is 5.75 Å². The highest BCUT2D eigenvalue weighted by atomic mass is 16.6. The summed E-state index contributed by atoms with van der Waals surface area (Å²) < 4.78 is 5.61. The lowest BCUT2D eigenvalue weighted by Gasteiger charge is -2.15. The van der Waals surface area contributed by atoms with Gasteiger partial charge in [0.25, 0.3) is 5.69 Å². The van der Waals surface area contributed by atoms with Gasteiger partial charge in [-0.1, -0.05) is 0 Å². The molecule has 19 heavy (non-hydrogen) atoms. The molecule has 104 valence electrons. The summed E-state index contributed by atoms with van der Waals surface area (Å²) in [6.45, 7) is 3.60. The van der Waals surface area contributed by atoms with E-state index in [2.05, 4.69) is 0 Å². The number of nitrogens with one attached hydrogen (secondary N) is 1. The van der Waals surface area contributed by atoms with Gasteiger partial charge in [-0.3, -0.25) is 20.3 Å². The third kappa shape index (κ3) is 4.55. The number of nitrogens with two attached hydrogens (primary N) is 1. The normalized spacial score (nSPS) is 11.7. The van der Waals surface area contributed by atoms with Gasteiger partial charge in [0, 0.05) is 12.5 Å². The van der Waals surface area contributed by atoms with Gasteiger partial charge < -0.3 is 4.74 Å². The van der Waals surface area contributed by atoms with E-state index in [0.717, 1.165) is 5.56 Å². The Hall–Kier alpha value is -2.15. The maximum Gasteiger partial charge on any atom is 0.273 e. The van der Waals surface area contributed by atoms with E-state index < -0.39 is 4.92 Å². The van der Waals surface area contributed by atoms with E-state index in [1.54, 1.807) is 19.9 Å². The Kier molecular flexibility index (Phi) is 5.25. The number of non-ortho nitro benzene ring substituents is 1. The number of carbonyl (C=O) groups is 1. The van der Waals surface area contributed by atoms with Crippen LogP contribution in [-0.4, -0.2) is 16.9 Å². The predicted molar refractivity (Wildman–Crippen MR) is 69.5 cm³/mol. The van der Waals surface area contributed by atoms with E-state index in [-0.39, 0.29) is 24.1 Å². The lowest BCUT2D eigenvalue weighted by molar-refractivity contribution is -0.385. The van der Waals surface area contributed by atoms with Gasteiger partial charge in [0.05, 0.1) is 17.1 Å². The Morgan fingerprint density at radius 2 is 2.26 bits per heavy atom. The third-order valence-electron chi connectivity index (χ3n) is 2.65. The van der Waals surface area contributed by atoms with E-state index in [1.165, 1.54) is 12.1 Å². The van der Waals surface area contributed by atoms with Crippen molar-refractivity contribution in [2.45, 2.75) is 32.8 Å². The number of hydrogen-bond acceptors (Lipinski definition) is 5. The lowest BCUT2D eigenvalue weighted by Crippen LogP contribution is -2.30. The zero-order chi connectivity index (χ0) is 14.4. The van der Waals surface area contributed by atoms with Gasteiger partial charge in [-0.2, -0.15) is 0 Å². The molecule has 1 aromatic carbocycles. The zero-order valence-corrected chi connectivity index (χ0v) is 10.9. The van der Waals surface area contributed by atoms with Crippen molar-refractivity contribution in [2.24, 2.45) is 5.84 Å². The second kappa shape index (κ2) is 6.69. The van der Waals surface area contributed by atoms with Crippen LogP contribution in [0, 0.1) is 17.0 Å². The molecule has 0 saturated heterocycles. The Balaban J connectivity index is 2.67. The first-order valence-corrected chi connectivity index (χ1v) is 5.85. The van der Waals surface area contributed by atoms with E-state index in [1.807, 2.05) is 5.43 Å². The van der Waals surface area contributed by atoms with Crippen molar-refractivity contribution in [3.63, 3.8) is 0 Å². The van der Waals surface area contributed by atoms with Crippen molar-refractivity contribution in [2.75, 3.05) is 0 Å². The fourth-order valence-corrected chi connectivity index (χ4v) is 1.51. The maximum atomic E-state index is 11.0. The average Bonchev–Trinajstić information content (AvgIpc) is 2.38. The van der Waals surface area contributed by atoms with E-state index in [9.17, 15) is 14.9 Å². The second-order valence-electron chi connectivity index (χ2n) is 4.24. The van der Waals surface area contributed by atoms with Gasteiger partial charge in [0.1, 0.15) is 5.75 Å². The molecule has 0 saturated carbocycles. The van der Waals surface area contributed by atoms with Crippen LogP contribution in [0.5, 0.6) is 5.75 Å². The molecule has 0 fully saturated rings. The molecule has 3 N–H and O–H groups in total. The number of ether oxygens (including phenoxy) is 1. The van der Waals surface area contributed by atoms with E-state index >= 15 is 0 Å². The fraction of sp³-hybridized carbons (Fsp3) is 0.417. The van der Waals surface area contributed by atoms with E-state index in [0.29, 0.717) is 12.2 Å². The van der Waals surface area contributed by atoms with Gasteiger partial charge in [0.15, 0.2) is 0 Å². The molecule has 0 aliphatic heterocycles.